The van der Waals surface area contributed by atoms with Gasteiger partial charge >= 0.3 is 6.09 Å². The van der Waals surface area contributed by atoms with E-state index in [2.05, 4.69) is 17.0 Å². The third kappa shape index (κ3) is 3.96. The predicted octanol–water partition coefficient (Wildman–Crippen LogP) is 2.55. The van der Waals surface area contributed by atoms with Gasteiger partial charge < -0.3 is 9.64 Å². The molecule has 2 aliphatic rings. The molecular formula is C19H26N2O3. The van der Waals surface area contributed by atoms with E-state index in [4.69, 9.17) is 4.74 Å². The van der Waals surface area contributed by atoms with Gasteiger partial charge in [-0.1, -0.05) is 30.3 Å². The molecule has 2 bridgehead atoms. The van der Waals surface area contributed by atoms with Gasteiger partial charge in [-0.25, -0.2) is 4.79 Å². The summed E-state index contributed by atoms with van der Waals surface area (Å²) in [6.07, 6.45) is -0.304. The van der Waals surface area contributed by atoms with Gasteiger partial charge in [0.15, 0.2) is 0 Å². The molecule has 2 fully saturated rings. The summed E-state index contributed by atoms with van der Waals surface area (Å²) in [5, 5.41) is 0. The number of likely N-dealkylation sites (tertiary alicyclic amines) is 2. The molecule has 0 spiro atoms. The quantitative estimate of drug-likeness (QED) is 0.836. The van der Waals surface area contributed by atoms with Crippen molar-refractivity contribution >= 4 is 11.9 Å². The number of Topliss-reactive ketones (excluding diaryl/α,β-unsaturated/α-hetero) is 1. The van der Waals surface area contributed by atoms with E-state index in [-0.39, 0.29) is 17.9 Å². The highest BCUT2D eigenvalue weighted by Gasteiger charge is 2.43. The van der Waals surface area contributed by atoms with Crippen LogP contribution in [0.5, 0.6) is 0 Å². The molecule has 1 aromatic rings. The fourth-order valence-corrected chi connectivity index (χ4v) is 3.56. The molecule has 1 amide bonds. The molecule has 2 atom stereocenters. The van der Waals surface area contributed by atoms with Crippen molar-refractivity contribution < 1.29 is 14.3 Å². The average molecular weight is 330 g/mol. The molecule has 0 saturated carbocycles. The minimum Gasteiger partial charge on any atom is -0.444 e. The second-order valence-corrected chi connectivity index (χ2v) is 7.86. The molecule has 0 N–H and O–H groups in total. The van der Waals surface area contributed by atoms with Crippen molar-refractivity contribution in [1.29, 1.82) is 0 Å². The second-order valence-electron chi connectivity index (χ2n) is 7.86. The van der Waals surface area contributed by atoms with Crippen molar-refractivity contribution in [2.75, 3.05) is 26.2 Å². The Balaban J connectivity index is 1.63. The molecule has 0 aliphatic carbocycles. The van der Waals surface area contributed by atoms with E-state index in [1.165, 1.54) is 5.56 Å². The summed E-state index contributed by atoms with van der Waals surface area (Å²) in [4.78, 5) is 28.8. The Morgan fingerprint density at radius 2 is 1.67 bits per heavy atom. The van der Waals surface area contributed by atoms with Crippen LogP contribution in [0.25, 0.3) is 0 Å². The molecule has 1 aromatic carbocycles. The third-order valence-corrected chi connectivity index (χ3v) is 4.54. The Labute approximate surface area is 143 Å². The molecule has 5 heteroatoms. The van der Waals surface area contributed by atoms with Gasteiger partial charge in [0.25, 0.3) is 0 Å². The minimum absolute atomic E-state index is 0.103. The van der Waals surface area contributed by atoms with E-state index in [0.29, 0.717) is 32.0 Å². The summed E-state index contributed by atoms with van der Waals surface area (Å²) < 4.78 is 5.46. The topological polar surface area (TPSA) is 49.9 Å². The lowest BCUT2D eigenvalue weighted by molar-refractivity contribution is -0.137. The van der Waals surface area contributed by atoms with Crippen molar-refractivity contribution in [1.82, 2.24) is 9.80 Å². The van der Waals surface area contributed by atoms with Crippen LogP contribution in [0, 0.1) is 11.8 Å². The summed E-state index contributed by atoms with van der Waals surface area (Å²) in [5.74, 6) is 0.0987. The van der Waals surface area contributed by atoms with E-state index in [0.717, 1.165) is 6.54 Å². The average Bonchev–Trinajstić information content (AvgIpc) is 2.47. The number of hydrogen-bond donors (Lipinski definition) is 0. The first-order valence-corrected chi connectivity index (χ1v) is 8.60. The number of carbonyl (C=O) groups excluding carboxylic acids is 2. The lowest BCUT2D eigenvalue weighted by Crippen LogP contribution is -2.59. The third-order valence-electron chi connectivity index (χ3n) is 4.54. The second kappa shape index (κ2) is 6.55. The number of fused-ring (bicyclic) bond motifs is 2. The van der Waals surface area contributed by atoms with Gasteiger partial charge in [-0.15, -0.1) is 0 Å². The fraction of sp³-hybridized carbons (Fsp3) is 0.579. The molecule has 24 heavy (non-hydrogen) atoms. The number of ketones is 1. The molecule has 2 aliphatic heterocycles. The van der Waals surface area contributed by atoms with E-state index >= 15 is 0 Å². The Kier molecular flexibility index (Phi) is 4.63. The number of piperidine rings is 2. The predicted molar refractivity (Wildman–Crippen MR) is 91.5 cm³/mol. The number of benzene rings is 1. The molecule has 1 unspecified atom stereocenters. The van der Waals surface area contributed by atoms with Crippen LogP contribution in [-0.2, 0) is 16.1 Å². The lowest BCUT2D eigenvalue weighted by Gasteiger charge is -2.44. The number of rotatable bonds is 2. The molecule has 0 radical (unpaired) electrons. The van der Waals surface area contributed by atoms with E-state index < -0.39 is 5.60 Å². The van der Waals surface area contributed by atoms with E-state index in [1.54, 1.807) is 4.90 Å². The minimum atomic E-state index is -0.507. The smallest absolute Gasteiger partial charge is 0.410 e. The Hall–Kier alpha value is -1.88. The summed E-state index contributed by atoms with van der Waals surface area (Å²) >= 11 is 0. The number of carbonyl (C=O) groups is 2. The van der Waals surface area contributed by atoms with E-state index in [9.17, 15) is 9.59 Å². The van der Waals surface area contributed by atoms with E-state index in [1.807, 2.05) is 39.0 Å². The normalized spacial score (nSPS) is 24.8. The summed E-state index contributed by atoms with van der Waals surface area (Å²) in [5.41, 5.74) is 0.751. The maximum Gasteiger partial charge on any atom is 0.410 e. The summed E-state index contributed by atoms with van der Waals surface area (Å²) in [6, 6.07) is 10.3. The highest BCUT2D eigenvalue weighted by atomic mass is 16.6. The van der Waals surface area contributed by atoms with Gasteiger partial charge in [-0.2, -0.15) is 0 Å². The van der Waals surface area contributed by atoms with Crippen LogP contribution in [0.1, 0.15) is 26.3 Å². The van der Waals surface area contributed by atoms with Crippen LogP contribution >= 0.6 is 0 Å². The molecule has 130 valence electrons. The summed E-state index contributed by atoms with van der Waals surface area (Å²) in [6.45, 7) is 8.80. The maximum absolute atomic E-state index is 12.5. The van der Waals surface area contributed by atoms with Gasteiger partial charge in [0, 0.05) is 44.6 Å². The van der Waals surface area contributed by atoms with Crippen LogP contribution in [-0.4, -0.2) is 53.5 Å². The van der Waals surface area contributed by atoms with Crippen molar-refractivity contribution in [2.45, 2.75) is 32.9 Å². The molecule has 2 saturated heterocycles. The lowest BCUT2D eigenvalue weighted by atomic mass is 9.83. The first-order chi connectivity index (χ1) is 11.3. The number of nitrogens with zero attached hydrogens (tertiary/aromatic N) is 2. The van der Waals surface area contributed by atoms with Crippen molar-refractivity contribution in [3.05, 3.63) is 35.9 Å². The molecule has 5 nitrogen and oxygen atoms in total. The van der Waals surface area contributed by atoms with Gasteiger partial charge in [0.2, 0.25) is 0 Å². The van der Waals surface area contributed by atoms with Gasteiger partial charge in [0.05, 0.1) is 0 Å². The van der Waals surface area contributed by atoms with Gasteiger partial charge in [0.1, 0.15) is 11.4 Å². The monoisotopic (exact) mass is 330 g/mol. The zero-order valence-electron chi connectivity index (χ0n) is 14.7. The SMILES string of the molecule is CC(C)(C)OC(=O)N1CC2CN(Cc3ccccc3)C[C@H](C1)C2=O. The number of hydrogen-bond acceptors (Lipinski definition) is 4. The van der Waals surface area contributed by atoms with Crippen LogP contribution in [0.4, 0.5) is 4.79 Å². The fourth-order valence-electron chi connectivity index (χ4n) is 3.56. The number of ether oxygens (including phenoxy) is 1. The zero-order valence-corrected chi connectivity index (χ0v) is 14.7. The maximum atomic E-state index is 12.5. The van der Waals surface area contributed by atoms with Crippen LogP contribution in [0.3, 0.4) is 0 Å². The molecule has 3 rings (SSSR count). The standard InChI is InChI=1S/C19H26N2O3/c1-19(2,3)24-18(23)21-12-15-10-20(11-16(13-21)17(15)22)9-14-7-5-4-6-8-14/h4-8,15-16H,9-13H2,1-3H3/t15-,16?/m1/s1. The summed E-state index contributed by atoms with van der Waals surface area (Å²) in [7, 11) is 0. The van der Waals surface area contributed by atoms with Gasteiger partial charge in [-0.05, 0) is 26.3 Å². The van der Waals surface area contributed by atoms with Crippen molar-refractivity contribution in [2.24, 2.45) is 11.8 Å². The van der Waals surface area contributed by atoms with Crippen molar-refractivity contribution in [3.8, 4) is 0 Å². The molecular weight excluding hydrogens is 304 g/mol. The Bertz CT molecular complexity index is 591. The number of amides is 1. The highest BCUT2D eigenvalue weighted by Crippen LogP contribution is 2.27. The van der Waals surface area contributed by atoms with Crippen LogP contribution in [0.2, 0.25) is 0 Å². The first kappa shape index (κ1) is 17.0. The largest absolute Gasteiger partial charge is 0.444 e. The Morgan fingerprint density at radius 3 is 2.21 bits per heavy atom. The zero-order chi connectivity index (χ0) is 17.3. The Morgan fingerprint density at radius 1 is 1.08 bits per heavy atom. The molecule has 2 heterocycles. The highest BCUT2D eigenvalue weighted by molar-refractivity contribution is 5.87. The van der Waals surface area contributed by atoms with Crippen LogP contribution in [0.15, 0.2) is 30.3 Å². The van der Waals surface area contributed by atoms with Crippen LogP contribution < -0.4 is 0 Å². The molecule has 0 aromatic heterocycles. The van der Waals surface area contributed by atoms with Gasteiger partial charge in [-0.3, -0.25) is 9.69 Å². The van der Waals surface area contributed by atoms with Crippen molar-refractivity contribution in [3.63, 3.8) is 0 Å². The first-order valence-electron chi connectivity index (χ1n) is 8.60.